The molecule has 2 aromatic rings. The van der Waals surface area contributed by atoms with Crippen LogP contribution in [0.15, 0.2) is 22.6 Å². The number of ketones is 1. The number of benzene rings is 1. The van der Waals surface area contributed by atoms with Gasteiger partial charge in [-0.1, -0.05) is 6.07 Å². The predicted octanol–water partition coefficient (Wildman–Crippen LogP) is 2.03. The molecule has 0 bridgehead atoms. The number of hydrogen-bond acceptors (Lipinski definition) is 4. The summed E-state index contributed by atoms with van der Waals surface area (Å²) in [5.74, 6) is 0.149. The zero-order chi connectivity index (χ0) is 11.7. The standard InChI is InChI=1S/C12H14N2O2/c1-8(15)6-9-4-5-11-10(7-9)13-12(16-11)14(2)3/h4-5,7H,6H2,1-3H3. The molecule has 0 amide bonds. The van der Waals surface area contributed by atoms with Crippen molar-refractivity contribution in [3.63, 3.8) is 0 Å². The van der Waals surface area contributed by atoms with Crippen LogP contribution >= 0.6 is 0 Å². The lowest BCUT2D eigenvalue weighted by atomic mass is 10.1. The Kier molecular flexibility index (Phi) is 2.64. The maximum absolute atomic E-state index is 11.0. The fourth-order valence-corrected chi connectivity index (χ4v) is 1.55. The molecule has 84 valence electrons. The van der Waals surface area contributed by atoms with E-state index >= 15 is 0 Å². The highest BCUT2D eigenvalue weighted by molar-refractivity contribution is 5.81. The SMILES string of the molecule is CC(=O)Cc1ccc2oc(N(C)C)nc2c1. The third-order valence-electron chi connectivity index (χ3n) is 2.28. The Labute approximate surface area is 93.9 Å². The average molecular weight is 218 g/mol. The fraction of sp³-hybridized carbons (Fsp3) is 0.333. The number of carbonyl (C=O) groups is 1. The number of Topliss-reactive ketones (excluding diaryl/α,β-unsaturated/α-hetero) is 1. The van der Waals surface area contributed by atoms with Gasteiger partial charge in [0.05, 0.1) is 0 Å². The molecule has 0 aliphatic rings. The monoisotopic (exact) mass is 218 g/mol. The first-order valence-corrected chi connectivity index (χ1v) is 5.12. The van der Waals surface area contributed by atoms with E-state index in [9.17, 15) is 4.79 Å². The van der Waals surface area contributed by atoms with Gasteiger partial charge >= 0.3 is 0 Å². The van der Waals surface area contributed by atoms with Gasteiger partial charge in [0.15, 0.2) is 5.58 Å². The van der Waals surface area contributed by atoms with Crippen LogP contribution in [0.25, 0.3) is 11.1 Å². The second-order valence-corrected chi connectivity index (χ2v) is 4.07. The molecule has 0 aliphatic carbocycles. The summed E-state index contributed by atoms with van der Waals surface area (Å²) in [5.41, 5.74) is 2.51. The zero-order valence-corrected chi connectivity index (χ0v) is 9.65. The van der Waals surface area contributed by atoms with Crippen LogP contribution in [0.2, 0.25) is 0 Å². The van der Waals surface area contributed by atoms with Crippen LogP contribution in [0.4, 0.5) is 6.01 Å². The smallest absolute Gasteiger partial charge is 0.297 e. The number of rotatable bonds is 3. The van der Waals surface area contributed by atoms with Crippen molar-refractivity contribution in [2.45, 2.75) is 13.3 Å². The number of anilines is 1. The van der Waals surface area contributed by atoms with E-state index < -0.39 is 0 Å². The van der Waals surface area contributed by atoms with Crippen molar-refractivity contribution in [2.75, 3.05) is 19.0 Å². The first kappa shape index (κ1) is 10.7. The molecule has 16 heavy (non-hydrogen) atoms. The van der Waals surface area contributed by atoms with Gasteiger partial charge in [-0.3, -0.25) is 4.79 Å². The number of hydrogen-bond donors (Lipinski definition) is 0. The van der Waals surface area contributed by atoms with Gasteiger partial charge in [0.2, 0.25) is 0 Å². The van der Waals surface area contributed by atoms with Crippen molar-refractivity contribution in [1.82, 2.24) is 4.98 Å². The molecule has 0 saturated carbocycles. The van der Waals surface area contributed by atoms with Crippen LogP contribution in [0.5, 0.6) is 0 Å². The molecule has 0 saturated heterocycles. The summed E-state index contributed by atoms with van der Waals surface area (Å²) >= 11 is 0. The minimum atomic E-state index is 0.149. The van der Waals surface area contributed by atoms with Crippen molar-refractivity contribution in [3.8, 4) is 0 Å². The Morgan fingerprint density at radius 2 is 2.19 bits per heavy atom. The van der Waals surface area contributed by atoms with Gasteiger partial charge in [0.1, 0.15) is 11.3 Å². The van der Waals surface area contributed by atoms with Crippen LogP contribution in [0.3, 0.4) is 0 Å². The molecule has 0 spiro atoms. The van der Waals surface area contributed by atoms with Gasteiger partial charge in [-0.05, 0) is 24.6 Å². The van der Waals surface area contributed by atoms with Crippen LogP contribution in [-0.4, -0.2) is 24.9 Å². The zero-order valence-electron chi connectivity index (χ0n) is 9.65. The van der Waals surface area contributed by atoms with Crippen molar-refractivity contribution >= 4 is 22.9 Å². The van der Waals surface area contributed by atoms with Crippen molar-refractivity contribution in [3.05, 3.63) is 23.8 Å². The quantitative estimate of drug-likeness (QED) is 0.790. The molecule has 0 unspecified atom stereocenters. The third-order valence-corrected chi connectivity index (χ3v) is 2.28. The lowest BCUT2D eigenvalue weighted by molar-refractivity contribution is -0.116. The van der Waals surface area contributed by atoms with Gasteiger partial charge in [0, 0.05) is 20.5 Å². The maximum atomic E-state index is 11.0. The summed E-state index contributed by atoms with van der Waals surface area (Å²) in [4.78, 5) is 17.1. The van der Waals surface area contributed by atoms with Gasteiger partial charge in [-0.25, -0.2) is 0 Å². The summed E-state index contributed by atoms with van der Waals surface area (Å²) in [6, 6.07) is 6.23. The number of fused-ring (bicyclic) bond motifs is 1. The molecule has 1 aromatic carbocycles. The van der Waals surface area contributed by atoms with E-state index in [1.807, 2.05) is 37.2 Å². The summed E-state index contributed by atoms with van der Waals surface area (Å²) < 4.78 is 5.52. The molecular formula is C12H14N2O2. The highest BCUT2D eigenvalue weighted by Gasteiger charge is 2.08. The first-order valence-electron chi connectivity index (χ1n) is 5.12. The Hall–Kier alpha value is -1.84. The Balaban J connectivity index is 2.41. The second kappa shape index (κ2) is 3.96. The molecule has 0 radical (unpaired) electrons. The summed E-state index contributed by atoms with van der Waals surface area (Å²) in [6.07, 6.45) is 0.445. The average Bonchev–Trinajstić information content (AvgIpc) is 2.59. The van der Waals surface area contributed by atoms with Crippen molar-refractivity contribution in [2.24, 2.45) is 0 Å². The number of aromatic nitrogens is 1. The van der Waals surface area contributed by atoms with E-state index in [4.69, 9.17) is 4.42 Å². The lowest BCUT2D eigenvalue weighted by Gasteiger charge is -2.03. The normalized spacial score (nSPS) is 10.7. The van der Waals surface area contributed by atoms with E-state index in [1.165, 1.54) is 0 Å². The molecule has 2 rings (SSSR count). The van der Waals surface area contributed by atoms with Crippen molar-refractivity contribution < 1.29 is 9.21 Å². The van der Waals surface area contributed by atoms with Gasteiger partial charge in [-0.15, -0.1) is 0 Å². The van der Waals surface area contributed by atoms with Gasteiger partial charge in [-0.2, -0.15) is 4.98 Å². The molecule has 1 aromatic heterocycles. The van der Waals surface area contributed by atoms with E-state index in [0.29, 0.717) is 12.4 Å². The van der Waals surface area contributed by atoms with E-state index in [2.05, 4.69) is 4.98 Å². The minimum absolute atomic E-state index is 0.149. The fourth-order valence-electron chi connectivity index (χ4n) is 1.55. The topological polar surface area (TPSA) is 46.3 Å². The molecule has 4 heteroatoms. The number of oxazole rings is 1. The molecule has 4 nitrogen and oxygen atoms in total. The van der Waals surface area contributed by atoms with E-state index in [1.54, 1.807) is 6.92 Å². The summed E-state index contributed by atoms with van der Waals surface area (Å²) in [5, 5.41) is 0. The molecule has 0 fully saturated rings. The molecule has 0 aliphatic heterocycles. The van der Waals surface area contributed by atoms with E-state index in [0.717, 1.165) is 16.7 Å². The molecule has 0 atom stereocenters. The largest absolute Gasteiger partial charge is 0.423 e. The molecule has 0 N–H and O–H groups in total. The molecule has 1 heterocycles. The van der Waals surface area contributed by atoms with Crippen LogP contribution in [-0.2, 0) is 11.2 Å². The lowest BCUT2D eigenvalue weighted by Crippen LogP contribution is -2.08. The minimum Gasteiger partial charge on any atom is -0.423 e. The van der Waals surface area contributed by atoms with Gasteiger partial charge in [0.25, 0.3) is 6.01 Å². The Morgan fingerprint density at radius 3 is 2.81 bits per heavy atom. The summed E-state index contributed by atoms with van der Waals surface area (Å²) in [7, 11) is 3.75. The maximum Gasteiger partial charge on any atom is 0.297 e. The summed E-state index contributed by atoms with van der Waals surface area (Å²) in [6.45, 7) is 1.58. The number of nitrogens with zero attached hydrogens (tertiary/aromatic N) is 2. The predicted molar refractivity (Wildman–Crippen MR) is 62.7 cm³/mol. The van der Waals surface area contributed by atoms with Crippen LogP contribution < -0.4 is 4.90 Å². The first-order chi connectivity index (χ1) is 7.56. The van der Waals surface area contributed by atoms with Crippen LogP contribution in [0, 0.1) is 0 Å². The van der Waals surface area contributed by atoms with Crippen LogP contribution in [0.1, 0.15) is 12.5 Å². The highest BCUT2D eigenvalue weighted by Crippen LogP contribution is 2.21. The second-order valence-electron chi connectivity index (χ2n) is 4.07. The van der Waals surface area contributed by atoms with Gasteiger partial charge < -0.3 is 9.32 Å². The third kappa shape index (κ3) is 2.05. The number of carbonyl (C=O) groups excluding carboxylic acids is 1. The van der Waals surface area contributed by atoms with Crippen molar-refractivity contribution in [1.29, 1.82) is 0 Å². The molecular weight excluding hydrogens is 204 g/mol. The Morgan fingerprint density at radius 1 is 1.44 bits per heavy atom. The Bertz CT molecular complexity index is 529. The highest BCUT2D eigenvalue weighted by atomic mass is 16.4. The van der Waals surface area contributed by atoms with E-state index in [-0.39, 0.29) is 5.78 Å².